The Balaban J connectivity index is 2.87. The van der Waals surface area contributed by atoms with Crippen LogP contribution < -0.4 is 11.3 Å². The van der Waals surface area contributed by atoms with Crippen molar-refractivity contribution in [2.45, 2.75) is 26.7 Å². The number of hydrazine groups is 1. The molecule has 90 valence electrons. The Bertz CT molecular complexity index is 564. The molecular weight excluding hydrogens is 234 g/mol. The maximum absolute atomic E-state index is 6.02. The second-order valence-electron chi connectivity index (χ2n) is 4.45. The molecule has 4 heteroatoms. The van der Waals surface area contributed by atoms with Crippen LogP contribution in [0.3, 0.4) is 0 Å². The third-order valence-electron chi connectivity index (χ3n) is 2.90. The number of anilines is 1. The summed E-state index contributed by atoms with van der Waals surface area (Å²) in [5.74, 6) is 6.01. The molecule has 1 heterocycles. The van der Waals surface area contributed by atoms with Gasteiger partial charge in [-0.25, -0.2) is 0 Å². The average Bonchev–Trinajstić information content (AvgIpc) is 2.27. The number of halogens is 1. The maximum Gasteiger partial charge on any atom is 0.0727 e. The lowest BCUT2D eigenvalue weighted by Crippen LogP contribution is -2.12. The summed E-state index contributed by atoms with van der Waals surface area (Å²) >= 11 is 6.02. The molecule has 2 rings (SSSR count). The molecule has 0 amide bonds. The van der Waals surface area contributed by atoms with Crippen molar-refractivity contribution in [1.29, 1.82) is 0 Å². The van der Waals surface area contributed by atoms with Gasteiger partial charge in [0.15, 0.2) is 0 Å². The standard InChI is InChI=1S/C13H16ClN3/c1-7(2)12-8(3)16-11-5-4-9(14)6-10(11)13(12)17-15/h4-7H,15H2,1-3H3,(H,16,17). The Hall–Kier alpha value is -1.32. The van der Waals surface area contributed by atoms with E-state index >= 15 is 0 Å². The summed E-state index contributed by atoms with van der Waals surface area (Å²) in [4.78, 5) is 4.59. The minimum atomic E-state index is 0.358. The highest BCUT2D eigenvalue weighted by Crippen LogP contribution is 2.33. The van der Waals surface area contributed by atoms with Crippen molar-refractivity contribution in [3.8, 4) is 0 Å². The van der Waals surface area contributed by atoms with E-state index in [2.05, 4.69) is 24.3 Å². The Labute approximate surface area is 106 Å². The smallest absolute Gasteiger partial charge is 0.0727 e. The van der Waals surface area contributed by atoms with E-state index in [0.717, 1.165) is 27.8 Å². The quantitative estimate of drug-likeness (QED) is 0.632. The fourth-order valence-corrected chi connectivity index (χ4v) is 2.41. The number of rotatable bonds is 2. The number of benzene rings is 1. The largest absolute Gasteiger partial charge is 0.323 e. The van der Waals surface area contributed by atoms with Crippen molar-refractivity contribution >= 4 is 28.2 Å². The zero-order valence-corrected chi connectivity index (χ0v) is 11.0. The second kappa shape index (κ2) is 4.51. The van der Waals surface area contributed by atoms with Gasteiger partial charge < -0.3 is 5.43 Å². The third kappa shape index (κ3) is 2.08. The first-order valence-electron chi connectivity index (χ1n) is 5.61. The molecule has 0 fully saturated rings. The van der Waals surface area contributed by atoms with Gasteiger partial charge in [0.1, 0.15) is 0 Å². The van der Waals surface area contributed by atoms with E-state index in [4.69, 9.17) is 17.4 Å². The minimum absolute atomic E-state index is 0.358. The van der Waals surface area contributed by atoms with Crippen LogP contribution in [-0.2, 0) is 0 Å². The van der Waals surface area contributed by atoms with Crippen LogP contribution >= 0.6 is 11.6 Å². The predicted molar refractivity (Wildman–Crippen MR) is 73.4 cm³/mol. The molecule has 0 aliphatic heterocycles. The molecule has 1 aromatic heterocycles. The van der Waals surface area contributed by atoms with E-state index in [1.165, 1.54) is 0 Å². The summed E-state index contributed by atoms with van der Waals surface area (Å²) < 4.78 is 0. The molecule has 0 spiro atoms. The number of nitrogens with two attached hydrogens (primary N) is 1. The van der Waals surface area contributed by atoms with Crippen molar-refractivity contribution in [2.24, 2.45) is 5.84 Å². The van der Waals surface area contributed by atoms with Crippen LogP contribution in [0.2, 0.25) is 5.02 Å². The van der Waals surface area contributed by atoms with Gasteiger partial charge in [0.25, 0.3) is 0 Å². The highest BCUT2D eigenvalue weighted by atomic mass is 35.5. The van der Waals surface area contributed by atoms with Crippen LogP contribution in [0, 0.1) is 6.92 Å². The monoisotopic (exact) mass is 249 g/mol. The van der Waals surface area contributed by atoms with E-state index in [1.807, 2.05) is 25.1 Å². The molecule has 2 aromatic rings. The second-order valence-corrected chi connectivity index (χ2v) is 4.88. The molecule has 0 radical (unpaired) electrons. The van der Waals surface area contributed by atoms with Crippen LogP contribution in [0.25, 0.3) is 10.9 Å². The van der Waals surface area contributed by atoms with Crippen molar-refractivity contribution in [3.05, 3.63) is 34.5 Å². The number of pyridine rings is 1. The summed E-state index contributed by atoms with van der Waals surface area (Å²) in [6.45, 7) is 6.26. The SMILES string of the molecule is Cc1nc2ccc(Cl)cc2c(NN)c1C(C)C. The van der Waals surface area contributed by atoms with Crippen LogP contribution in [0.1, 0.15) is 31.0 Å². The van der Waals surface area contributed by atoms with E-state index in [-0.39, 0.29) is 0 Å². The fourth-order valence-electron chi connectivity index (χ4n) is 2.23. The zero-order valence-electron chi connectivity index (χ0n) is 10.2. The van der Waals surface area contributed by atoms with Crippen molar-refractivity contribution in [3.63, 3.8) is 0 Å². The first kappa shape index (κ1) is 12.1. The van der Waals surface area contributed by atoms with E-state index in [0.29, 0.717) is 10.9 Å². The number of hydrogen-bond acceptors (Lipinski definition) is 3. The lowest BCUT2D eigenvalue weighted by Gasteiger charge is -2.17. The minimum Gasteiger partial charge on any atom is -0.323 e. The van der Waals surface area contributed by atoms with Gasteiger partial charge in [-0.2, -0.15) is 0 Å². The molecule has 1 aromatic carbocycles. The van der Waals surface area contributed by atoms with Gasteiger partial charge in [-0.05, 0) is 31.0 Å². The first-order valence-corrected chi connectivity index (χ1v) is 5.98. The summed E-state index contributed by atoms with van der Waals surface area (Å²) in [6, 6.07) is 5.64. The third-order valence-corrected chi connectivity index (χ3v) is 3.13. The molecular formula is C13H16ClN3. The summed E-state index contributed by atoms with van der Waals surface area (Å²) in [7, 11) is 0. The van der Waals surface area contributed by atoms with E-state index in [9.17, 15) is 0 Å². The molecule has 3 N–H and O–H groups in total. The molecule has 0 unspecified atom stereocenters. The molecule has 0 bridgehead atoms. The van der Waals surface area contributed by atoms with Gasteiger partial charge in [-0.3, -0.25) is 10.8 Å². The van der Waals surface area contributed by atoms with Gasteiger partial charge in [-0.1, -0.05) is 25.4 Å². The number of nitrogen functional groups attached to an aromatic ring is 1. The van der Waals surface area contributed by atoms with Crippen molar-refractivity contribution in [2.75, 3.05) is 5.43 Å². The molecule has 0 aliphatic rings. The van der Waals surface area contributed by atoms with Gasteiger partial charge in [0, 0.05) is 21.7 Å². The summed E-state index contributed by atoms with van der Waals surface area (Å²) in [6.07, 6.45) is 0. The molecule has 0 atom stereocenters. The zero-order chi connectivity index (χ0) is 12.6. The summed E-state index contributed by atoms with van der Waals surface area (Å²) in [5.41, 5.74) is 6.76. The number of aromatic nitrogens is 1. The predicted octanol–water partition coefficient (Wildman–Crippen LogP) is 3.61. The number of aryl methyl sites for hydroxylation is 1. The normalized spacial score (nSPS) is 11.2. The van der Waals surface area contributed by atoms with Crippen molar-refractivity contribution in [1.82, 2.24) is 4.98 Å². The first-order chi connectivity index (χ1) is 8.04. The lowest BCUT2D eigenvalue weighted by atomic mass is 9.97. The Morgan fingerprint density at radius 3 is 2.65 bits per heavy atom. The van der Waals surface area contributed by atoms with Gasteiger partial charge in [0.2, 0.25) is 0 Å². The Kier molecular flexibility index (Phi) is 3.22. The van der Waals surface area contributed by atoms with Gasteiger partial charge in [-0.15, -0.1) is 0 Å². The van der Waals surface area contributed by atoms with Crippen LogP contribution in [0.5, 0.6) is 0 Å². The number of hydrogen-bond donors (Lipinski definition) is 2. The molecule has 17 heavy (non-hydrogen) atoms. The Morgan fingerprint density at radius 1 is 1.35 bits per heavy atom. The summed E-state index contributed by atoms with van der Waals surface area (Å²) in [5, 5.41) is 1.66. The molecule has 0 saturated heterocycles. The number of nitrogens with zero attached hydrogens (tertiary/aromatic N) is 1. The molecule has 0 aliphatic carbocycles. The Morgan fingerprint density at radius 2 is 2.06 bits per heavy atom. The topological polar surface area (TPSA) is 50.9 Å². The molecule has 0 saturated carbocycles. The lowest BCUT2D eigenvalue weighted by molar-refractivity contribution is 0.848. The average molecular weight is 250 g/mol. The van der Waals surface area contributed by atoms with Crippen molar-refractivity contribution < 1.29 is 0 Å². The van der Waals surface area contributed by atoms with E-state index < -0.39 is 0 Å². The molecule has 3 nitrogen and oxygen atoms in total. The fraction of sp³-hybridized carbons (Fsp3) is 0.308. The van der Waals surface area contributed by atoms with Gasteiger partial charge >= 0.3 is 0 Å². The van der Waals surface area contributed by atoms with Crippen LogP contribution in [0.4, 0.5) is 5.69 Å². The highest BCUT2D eigenvalue weighted by Gasteiger charge is 2.14. The van der Waals surface area contributed by atoms with Crippen LogP contribution in [0.15, 0.2) is 18.2 Å². The van der Waals surface area contributed by atoms with Crippen LogP contribution in [-0.4, -0.2) is 4.98 Å². The maximum atomic E-state index is 6.02. The van der Waals surface area contributed by atoms with E-state index in [1.54, 1.807) is 0 Å². The number of nitrogens with one attached hydrogen (secondary N) is 1. The number of fused-ring (bicyclic) bond motifs is 1. The van der Waals surface area contributed by atoms with Gasteiger partial charge in [0.05, 0.1) is 11.2 Å². The highest BCUT2D eigenvalue weighted by molar-refractivity contribution is 6.31.